The lowest BCUT2D eigenvalue weighted by Gasteiger charge is -2.38. The highest BCUT2D eigenvalue weighted by Crippen LogP contribution is 2.49. The van der Waals surface area contributed by atoms with E-state index in [-0.39, 0.29) is 12.3 Å². The molecule has 6 nitrogen and oxygen atoms in total. The summed E-state index contributed by atoms with van der Waals surface area (Å²) in [4.78, 5) is 0. The summed E-state index contributed by atoms with van der Waals surface area (Å²) in [6.45, 7) is 5.45. The average Bonchev–Trinajstić information content (AvgIpc) is 3.35. The van der Waals surface area contributed by atoms with E-state index in [0.717, 1.165) is 63.4 Å². The predicted molar refractivity (Wildman–Crippen MR) is 144 cm³/mol. The molecule has 0 amide bonds. The molecule has 0 spiro atoms. The first-order valence-electron chi connectivity index (χ1n) is 12.5. The van der Waals surface area contributed by atoms with Crippen LogP contribution in [-0.2, 0) is 0 Å². The Kier molecular flexibility index (Phi) is 7.37. The van der Waals surface area contributed by atoms with Crippen LogP contribution in [0, 0.1) is 0 Å². The van der Waals surface area contributed by atoms with Crippen LogP contribution < -0.4 is 18.9 Å². The minimum absolute atomic E-state index is 0.0595. The van der Waals surface area contributed by atoms with E-state index < -0.39 is 0 Å². The highest BCUT2D eigenvalue weighted by atomic mass is 79.9. The van der Waals surface area contributed by atoms with Crippen molar-refractivity contribution in [3.8, 4) is 23.0 Å². The second kappa shape index (κ2) is 10.8. The Morgan fingerprint density at radius 3 is 2.58 bits per heavy atom. The number of nitrogens with zero attached hydrogens (tertiary/aromatic N) is 2. The van der Waals surface area contributed by atoms with Crippen LogP contribution in [-0.4, -0.2) is 31.0 Å². The Morgan fingerprint density at radius 2 is 1.83 bits per heavy atom. The van der Waals surface area contributed by atoms with Gasteiger partial charge in [-0.1, -0.05) is 29.3 Å². The summed E-state index contributed by atoms with van der Waals surface area (Å²) in [6.07, 6.45) is 2.48. The summed E-state index contributed by atoms with van der Waals surface area (Å²) in [5.74, 6) is 3.17. The fourth-order valence-electron chi connectivity index (χ4n) is 4.65. The predicted octanol–water partition coefficient (Wildman–Crippen LogP) is 7.28. The molecule has 0 radical (unpaired) electrons. The smallest absolute Gasteiger partial charge is 0.214 e. The van der Waals surface area contributed by atoms with Crippen molar-refractivity contribution < 1.29 is 18.9 Å². The number of hydrogen-bond acceptors (Lipinski definition) is 6. The van der Waals surface area contributed by atoms with Crippen molar-refractivity contribution in [2.45, 2.75) is 45.4 Å². The van der Waals surface area contributed by atoms with Crippen molar-refractivity contribution in [3.05, 3.63) is 81.8 Å². The fraction of sp³-hybridized carbons (Fsp3) is 0.345. The lowest BCUT2D eigenvalue weighted by atomic mass is 9.96. The van der Waals surface area contributed by atoms with E-state index in [1.54, 1.807) is 7.11 Å². The minimum Gasteiger partial charge on any atom is -0.494 e. The molecular weight excluding hydrogens is 520 g/mol. The minimum atomic E-state index is -0.387. The molecule has 3 aromatic carbocycles. The molecule has 2 atom stereocenters. The Morgan fingerprint density at radius 1 is 1.00 bits per heavy atom. The molecule has 0 aromatic heterocycles. The van der Waals surface area contributed by atoms with Crippen LogP contribution in [0.2, 0.25) is 0 Å². The molecule has 2 aliphatic heterocycles. The molecule has 5 rings (SSSR count). The third-order valence-electron chi connectivity index (χ3n) is 6.48. The van der Waals surface area contributed by atoms with Crippen LogP contribution in [0.5, 0.6) is 23.0 Å². The molecule has 0 saturated carbocycles. The Bertz CT molecular complexity index is 1240. The zero-order chi connectivity index (χ0) is 25.1. The third-order valence-corrected chi connectivity index (χ3v) is 6.97. The van der Waals surface area contributed by atoms with Crippen LogP contribution >= 0.6 is 15.9 Å². The number of ether oxygens (including phenoxy) is 4. The van der Waals surface area contributed by atoms with Crippen LogP contribution in [0.15, 0.2) is 70.2 Å². The van der Waals surface area contributed by atoms with Crippen LogP contribution in [0.3, 0.4) is 0 Å². The van der Waals surface area contributed by atoms with Gasteiger partial charge in [0.1, 0.15) is 11.5 Å². The molecule has 0 fully saturated rings. The van der Waals surface area contributed by atoms with Crippen LogP contribution in [0.4, 0.5) is 0 Å². The van der Waals surface area contributed by atoms with Crippen LogP contribution in [0.25, 0.3) is 0 Å². The number of hydrazone groups is 1. The summed E-state index contributed by atoms with van der Waals surface area (Å²) >= 11 is 3.63. The standard InChI is InChI=1S/C29H31BrN2O4/c1-4-6-15-35-27-13-9-20(16-28(27)33-3)29-32-25(23-17-21(30)10-14-26(23)36-29)18-24(31-32)19-7-11-22(12-8-19)34-5-2/h7-14,16-17,25,29H,4-6,15,18H2,1-3H3/t25-,29+/m1/s1. The second-order valence-electron chi connectivity index (χ2n) is 8.87. The van der Waals surface area contributed by atoms with Crippen molar-refractivity contribution in [1.82, 2.24) is 5.01 Å². The first kappa shape index (κ1) is 24.5. The highest BCUT2D eigenvalue weighted by molar-refractivity contribution is 9.10. The first-order chi connectivity index (χ1) is 17.6. The summed E-state index contributed by atoms with van der Waals surface area (Å²) < 4.78 is 24.8. The maximum absolute atomic E-state index is 6.54. The SMILES string of the molecule is CCCCOc1ccc([C@@H]2Oc3ccc(Br)cc3[C@H]3CC(c4ccc(OCC)cc4)=NN32)cc1OC. The topological polar surface area (TPSA) is 52.5 Å². The van der Waals surface area contributed by atoms with Crippen molar-refractivity contribution in [1.29, 1.82) is 0 Å². The molecule has 188 valence electrons. The summed E-state index contributed by atoms with van der Waals surface area (Å²) in [5.41, 5.74) is 4.19. The van der Waals surface area contributed by atoms with E-state index in [1.807, 2.05) is 49.4 Å². The number of hydrogen-bond donors (Lipinski definition) is 0. The molecule has 36 heavy (non-hydrogen) atoms. The summed E-state index contributed by atoms with van der Waals surface area (Å²) in [5, 5.41) is 7.15. The van der Waals surface area contributed by atoms with Crippen molar-refractivity contribution in [2.24, 2.45) is 5.10 Å². The van der Waals surface area contributed by atoms with Crippen molar-refractivity contribution in [2.75, 3.05) is 20.3 Å². The van der Waals surface area contributed by atoms with Gasteiger partial charge in [-0.15, -0.1) is 0 Å². The van der Waals surface area contributed by atoms with Gasteiger partial charge in [-0.05, 0) is 79.6 Å². The van der Waals surface area contributed by atoms with Gasteiger partial charge in [0.05, 0.1) is 32.1 Å². The highest BCUT2D eigenvalue weighted by Gasteiger charge is 2.41. The van der Waals surface area contributed by atoms with Gasteiger partial charge in [0.15, 0.2) is 11.5 Å². The monoisotopic (exact) mass is 550 g/mol. The van der Waals surface area contributed by atoms with E-state index in [1.165, 1.54) is 0 Å². The van der Waals surface area contributed by atoms with Gasteiger partial charge in [-0.3, -0.25) is 0 Å². The fourth-order valence-corrected chi connectivity index (χ4v) is 5.03. The normalized spacial score (nSPS) is 18.1. The average molecular weight is 551 g/mol. The van der Waals surface area contributed by atoms with Gasteiger partial charge in [0, 0.05) is 22.0 Å². The zero-order valence-corrected chi connectivity index (χ0v) is 22.5. The maximum atomic E-state index is 6.54. The van der Waals surface area contributed by atoms with Gasteiger partial charge < -0.3 is 18.9 Å². The Labute approximate surface area is 220 Å². The van der Waals surface area contributed by atoms with Gasteiger partial charge >= 0.3 is 0 Å². The third kappa shape index (κ3) is 4.89. The number of unbranched alkanes of at least 4 members (excludes halogenated alkanes) is 1. The second-order valence-corrected chi connectivity index (χ2v) is 9.78. The molecule has 2 heterocycles. The van der Waals surface area contributed by atoms with Crippen molar-refractivity contribution >= 4 is 21.6 Å². The zero-order valence-electron chi connectivity index (χ0n) is 20.9. The molecule has 2 aliphatic rings. The van der Waals surface area contributed by atoms with E-state index in [2.05, 4.69) is 46.1 Å². The lowest BCUT2D eigenvalue weighted by Crippen LogP contribution is -2.33. The number of halogens is 1. The summed E-state index contributed by atoms with van der Waals surface area (Å²) in [7, 11) is 1.67. The molecule has 0 unspecified atom stereocenters. The quantitative estimate of drug-likeness (QED) is 0.262. The van der Waals surface area contributed by atoms with E-state index in [9.17, 15) is 0 Å². The molecule has 0 bridgehead atoms. The number of rotatable bonds is 9. The number of fused-ring (bicyclic) bond motifs is 3. The largest absolute Gasteiger partial charge is 0.494 e. The number of benzene rings is 3. The first-order valence-corrected chi connectivity index (χ1v) is 13.3. The van der Waals surface area contributed by atoms with Gasteiger partial charge in [0.25, 0.3) is 0 Å². The number of methoxy groups -OCH3 is 1. The molecule has 0 saturated heterocycles. The molecule has 3 aromatic rings. The summed E-state index contributed by atoms with van der Waals surface area (Å²) in [6, 6.07) is 20.4. The van der Waals surface area contributed by atoms with Gasteiger partial charge in [-0.25, -0.2) is 5.01 Å². The van der Waals surface area contributed by atoms with Gasteiger partial charge in [-0.2, -0.15) is 5.10 Å². The Hall–Kier alpha value is -3.19. The van der Waals surface area contributed by atoms with Crippen LogP contribution in [0.1, 0.15) is 62.1 Å². The molecular formula is C29H31BrN2O4. The molecule has 0 N–H and O–H groups in total. The molecule has 7 heteroatoms. The molecule has 0 aliphatic carbocycles. The van der Waals surface area contributed by atoms with Gasteiger partial charge in [0.2, 0.25) is 6.23 Å². The van der Waals surface area contributed by atoms with E-state index in [0.29, 0.717) is 19.0 Å². The maximum Gasteiger partial charge on any atom is 0.214 e. The van der Waals surface area contributed by atoms with E-state index >= 15 is 0 Å². The Balaban J connectivity index is 1.50. The lowest BCUT2D eigenvalue weighted by molar-refractivity contribution is -0.0192. The van der Waals surface area contributed by atoms with E-state index in [4.69, 9.17) is 24.0 Å². The van der Waals surface area contributed by atoms with Crippen molar-refractivity contribution in [3.63, 3.8) is 0 Å².